The number of nitrogens with zero attached hydrogens (tertiary/aromatic N) is 2. The van der Waals surface area contributed by atoms with Gasteiger partial charge in [-0.05, 0) is 47.9 Å². The second-order valence-electron chi connectivity index (χ2n) is 6.21. The molecule has 1 heterocycles. The molecule has 0 saturated carbocycles. The largest absolute Gasteiger partial charge is 0.493 e. The molecule has 30 heavy (non-hydrogen) atoms. The van der Waals surface area contributed by atoms with Crippen LogP contribution in [0.15, 0.2) is 47.6 Å². The van der Waals surface area contributed by atoms with E-state index >= 15 is 0 Å². The highest BCUT2D eigenvalue weighted by molar-refractivity contribution is 7.17. The van der Waals surface area contributed by atoms with Crippen LogP contribution >= 0.6 is 22.9 Å². The third-order valence-corrected chi connectivity index (χ3v) is 5.31. The number of halogens is 1. The maximum atomic E-state index is 12.3. The molecule has 1 amide bonds. The molecule has 3 rings (SSSR count). The second-order valence-corrected chi connectivity index (χ2v) is 7.67. The molecule has 0 fully saturated rings. The van der Waals surface area contributed by atoms with E-state index in [1.165, 1.54) is 6.21 Å². The maximum Gasteiger partial charge on any atom is 0.283 e. The lowest BCUT2D eigenvalue weighted by atomic mass is 10.2. The second kappa shape index (κ2) is 10.1. The van der Waals surface area contributed by atoms with Gasteiger partial charge < -0.3 is 15.2 Å². The van der Waals surface area contributed by atoms with Crippen LogP contribution in [-0.4, -0.2) is 24.2 Å². The molecule has 0 saturated heterocycles. The van der Waals surface area contributed by atoms with Crippen molar-refractivity contribution in [1.82, 2.24) is 10.4 Å². The average molecular weight is 445 g/mol. The Hall–Kier alpha value is -3.10. The summed E-state index contributed by atoms with van der Waals surface area (Å²) in [5.74, 6) is 0.816. The van der Waals surface area contributed by atoms with Crippen molar-refractivity contribution in [1.29, 1.82) is 0 Å². The number of thiazole rings is 1. The molecule has 0 unspecified atom stereocenters. The number of anilines is 1. The van der Waals surface area contributed by atoms with E-state index in [1.807, 2.05) is 37.3 Å². The molecule has 1 aromatic heterocycles. The number of rotatable bonds is 8. The molecule has 156 valence electrons. The molecular weight excluding hydrogens is 424 g/mol. The zero-order chi connectivity index (χ0) is 21.5. The van der Waals surface area contributed by atoms with E-state index in [1.54, 1.807) is 19.2 Å². The Labute approximate surface area is 183 Å². The number of benzene rings is 2. The summed E-state index contributed by atoms with van der Waals surface area (Å²) in [6, 6.07) is 12.8. The van der Waals surface area contributed by atoms with Gasteiger partial charge in [0.2, 0.25) is 0 Å². The highest BCUT2D eigenvalue weighted by Crippen LogP contribution is 2.28. The van der Waals surface area contributed by atoms with Gasteiger partial charge in [-0.15, -0.1) is 0 Å². The fraction of sp³-hybridized carbons (Fsp3) is 0.190. The molecule has 3 N–H and O–H groups in total. The van der Waals surface area contributed by atoms with Crippen molar-refractivity contribution in [2.75, 3.05) is 12.8 Å². The SMILES string of the molecule is CCc1nc(N)sc1C(=O)NN=Cc1ccc(OCc2ccc(Cl)cc2)c(OC)c1. The van der Waals surface area contributed by atoms with Crippen molar-refractivity contribution in [3.63, 3.8) is 0 Å². The van der Waals surface area contributed by atoms with Gasteiger partial charge in [0.15, 0.2) is 16.6 Å². The van der Waals surface area contributed by atoms with Crippen LogP contribution < -0.4 is 20.6 Å². The minimum Gasteiger partial charge on any atom is -0.493 e. The predicted octanol–water partition coefficient (Wildman–Crippen LogP) is 4.29. The Morgan fingerprint density at radius 3 is 2.73 bits per heavy atom. The number of nitrogens with one attached hydrogen (secondary N) is 1. The molecule has 0 spiro atoms. The summed E-state index contributed by atoms with van der Waals surface area (Å²) in [5, 5.41) is 5.05. The van der Waals surface area contributed by atoms with Gasteiger partial charge >= 0.3 is 0 Å². The molecule has 0 bridgehead atoms. The summed E-state index contributed by atoms with van der Waals surface area (Å²) in [5.41, 5.74) is 10.6. The lowest BCUT2D eigenvalue weighted by Gasteiger charge is -2.11. The number of nitrogens with two attached hydrogens (primary N) is 1. The highest BCUT2D eigenvalue weighted by atomic mass is 35.5. The van der Waals surface area contributed by atoms with E-state index < -0.39 is 0 Å². The normalized spacial score (nSPS) is 10.9. The molecule has 2 aromatic carbocycles. The predicted molar refractivity (Wildman–Crippen MR) is 120 cm³/mol. The smallest absolute Gasteiger partial charge is 0.283 e. The third-order valence-electron chi connectivity index (χ3n) is 4.13. The van der Waals surface area contributed by atoms with Crippen LogP contribution in [0.25, 0.3) is 0 Å². The number of nitrogen functional groups attached to an aromatic ring is 1. The number of aryl methyl sites for hydroxylation is 1. The molecule has 9 heteroatoms. The first kappa shape index (κ1) is 21.6. The summed E-state index contributed by atoms with van der Waals surface area (Å²) in [7, 11) is 1.56. The van der Waals surface area contributed by atoms with Crippen molar-refractivity contribution in [3.05, 3.63) is 69.2 Å². The van der Waals surface area contributed by atoms with Crippen molar-refractivity contribution in [2.45, 2.75) is 20.0 Å². The van der Waals surface area contributed by atoms with Gasteiger partial charge in [0.1, 0.15) is 11.5 Å². The van der Waals surface area contributed by atoms with Crippen molar-refractivity contribution in [2.24, 2.45) is 5.10 Å². The Kier molecular flexibility index (Phi) is 7.26. The van der Waals surface area contributed by atoms with E-state index in [0.29, 0.717) is 45.3 Å². The summed E-state index contributed by atoms with van der Waals surface area (Å²) >= 11 is 7.04. The molecule has 3 aromatic rings. The van der Waals surface area contributed by atoms with Gasteiger partial charge in [0, 0.05) is 5.02 Å². The minimum atomic E-state index is -0.341. The number of hydrazone groups is 1. The van der Waals surface area contributed by atoms with Crippen molar-refractivity contribution >= 4 is 40.2 Å². The van der Waals surface area contributed by atoms with E-state index in [4.69, 9.17) is 26.8 Å². The monoisotopic (exact) mass is 444 g/mol. The number of carbonyl (C=O) groups is 1. The lowest BCUT2D eigenvalue weighted by Crippen LogP contribution is -2.17. The van der Waals surface area contributed by atoms with Gasteiger partial charge in [-0.25, -0.2) is 10.4 Å². The van der Waals surface area contributed by atoms with Gasteiger partial charge in [-0.3, -0.25) is 4.79 Å². The first-order chi connectivity index (χ1) is 14.5. The van der Waals surface area contributed by atoms with Crippen LogP contribution in [0.5, 0.6) is 11.5 Å². The zero-order valence-electron chi connectivity index (χ0n) is 16.5. The van der Waals surface area contributed by atoms with Crippen LogP contribution in [0.1, 0.15) is 33.4 Å². The number of hydrogen-bond donors (Lipinski definition) is 2. The molecule has 0 atom stereocenters. The number of hydrogen-bond acceptors (Lipinski definition) is 7. The van der Waals surface area contributed by atoms with E-state index in [9.17, 15) is 4.79 Å². The lowest BCUT2D eigenvalue weighted by molar-refractivity contribution is 0.0958. The number of carbonyl (C=O) groups excluding carboxylic acids is 1. The molecular formula is C21H21ClN4O3S. The standard InChI is InChI=1S/C21H21ClN4O3S/c1-3-16-19(30-21(23)25-16)20(27)26-24-11-14-6-9-17(18(10-14)28-2)29-12-13-4-7-15(22)8-5-13/h4-11H,3,12H2,1-2H3,(H2,23,25)(H,26,27). The van der Waals surface area contributed by atoms with Gasteiger partial charge in [0.05, 0.1) is 19.0 Å². The summed E-state index contributed by atoms with van der Waals surface area (Å²) in [6.07, 6.45) is 2.15. The van der Waals surface area contributed by atoms with Crippen molar-refractivity contribution < 1.29 is 14.3 Å². The van der Waals surface area contributed by atoms with Crippen LogP contribution in [-0.2, 0) is 13.0 Å². The number of aromatic nitrogens is 1. The molecule has 0 aliphatic carbocycles. The topological polar surface area (TPSA) is 98.8 Å². The van der Waals surface area contributed by atoms with Crippen molar-refractivity contribution in [3.8, 4) is 11.5 Å². The van der Waals surface area contributed by atoms with Gasteiger partial charge in [-0.2, -0.15) is 5.10 Å². The number of amides is 1. The fourth-order valence-corrected chi connectivity index (χ4v) is 3.57. The number of ether oxygens (including phenoxy) is 2. The zero-order valence-corrected chi connectivity index (χ0v) is 18.1. The summed E-state index contributed by atoms with van der Waals surface area (Å²) < 4.78 is 11.2. The van der Waals surface area contributed by atoms with Gasteiger partial charge in [-0.1, -0.05) is 42.0 Å². The minimum absolute atomic E-state index is 0.341. The molecule has 0 aliphatic heterocycles. The van der Waals surface area contributed by atoms with Crippen LogP contribution in [0.3, 0.4) is 0 Å². The average Bonchev–Trinajstić information content (AvgIpc) is 3.14. The highest BCUT2D eigenvalue weighted by Gasteiger charge is 2.15. The van der Waals surface area contributed by atoms with E-state index in [0.717, 1.165) is 22.5 Å². The third kappa shape index (κ3) is 5.49. The summed E-state index contributed by atoms with van der Waals surface area (Å²) in [4.78, 5) is 16.9. The molecule has 0 radical (unpaired) electrons. The number of methoxy groups -OCH3 is 1. The van der Waals surface area contributed by atoms with Crippen LogP contribution in [0.2, 0.25) is 5.02 Å². The maximum absolute atomic E-state index is 12.3. The van der Waals surface area contributed by atoms with E-state index in [2.05, 4.69) is 15.5 Å². The Balaban J connectivity index is 1.63. The molecule has 7 nitrogen and oxygen atoms in total. The van der Waals surface area contributed by atoms with Crippen LogP contribution in [0, 0.1) is 0 Å². The molecule has 0 aliphatic rings. The fourth-order valence-electron chi connectivity index (χ4n) is 2.63. The van der Waals surface area contributed by atoms with Crippen LogP contribution in [0.4, 0.5) is 5.13 Å². The first-order valence-electron chi connectivity index (χ1n) is 9.14. The van der Waals surface area contributed by atoms with Gasteiger partial charge in [0.25, 0.3) is 5.91 Å². The van der Waals surface area contributed by atoms with E-state index in [-0.39, 0.29) is 5.91 Å². The summed E-state index contributed by atoms with van der Waals surface area (Å²) in [6.45, 7) is 2.30. The Bertz CT molecular complexity index is 1050. The Morgan fingerprint density at radius 2 is 2.03 bits per heavy atom. The quantitative estimate of drug-likeness (QED) is 0.398. The Morgan fingerprint density at radius 1 is 1.27 bits per heavy atom. The first-order valence-corrected chi connectivity index (χ1v) is 10.3.